The SMILES string of the molecule is O=C1/C(=C/c2ccc(-c3ccc(Cl)c(Cl)c3)o2)C=C(c2ccccc2)N1c1ccc(Cl)c(Cl)c1. The van der Waals surface area contributed by atoms with Gasteiger partial charge in [-0.1, -0.05) is 76.7 Å². The molecule has 0 aliphatic carbocycles. The van der Waals surface area contributed by atoms with Crippen LogP contribution in [0.2, 0.25) is 20.1 Å². The Bertz CT molecular complexity index is 1470. The number of nitrogens with zero attached hydrogens (tertiary/aromatic N) is 1. The van der Waals surface area contributed by atoms with Crippen molar-refractivity contribution < 1.29 is 9.21 Å². The Balaban J connectivity index is 1.55. The minimum atomic E-state index is -0.204. The summed E-state index contributed by atoms with van der Waals surface area (Å²) in [7, 11) is 0. The number of amides is 1. The fraction of sp³-hybridized carbons (Fsp3) is 0. The third kappa shape index (κ3) is 4.40. The van der Waals surface area contributed by atoms with Gasteiger partial charge in [0.05, 0.1) is 31.5 Å². The van der Waals surface area contributed by atoms with Gasteiger partial charge < -0.3 is 4.42 Å². The van der Waals surface area contributed by atoms with Crippen LogP contribution >= 0.6 is 46.4 Å². The molecule has 0 bridgehead atoms. The molecule has 168 valence electrons. The van der Waals surface area contributed by atoms with E-state index >= 15 is 0 Å². The Morgan fingerprint density at radius 2 is 1.41 bits per heavy atom. The molecule has 1 amide bonds. The van der Waals surface area contributed by atoms with Gasteiger partial charge in [0.15, 0.2) is 0 Å². The average Bonchev–Trinajstić information content (AvgIpc) is 3.43. The van der Waals surface area contributed by atoms with Gasteiger partial charge in [0.1, 0.15) is 11.5 Å². The molecule has 1 aliphatic heterocycles. The van der Waals surface area contributed by atoms with Gasteiger partial charge in [0, 0.05) is 11.1 Å². The van der Waals surface area contributed by atoms with Gasteiger partial charge >= 0.3 is 0 Å². The van der Waals surface area contributed by atoms with Crippen LogP contribution in [0.4, 0.5) is 5.69 Å². The number of hydrogen-bond donors (Lipinski definition) is 0. The van der Waals surface area contributed by atoms with Crippen molar-refractivity contribution in [3.8, 4) is 11.3 Å². The lowest BCUT2D eigenvalue weighted by Crippen LogP contribution is -2.24. The lowest BCUT2D eigenvalue weighted by atomic mass is 10.1. The van der Waals surface area contributed by atoms with Crippen LogP contribution in [0, 0.1) is 0 Å². The Hall–Kier alpha value is -2.95. The minimum absolute atomic E-state index is 0.204. The molecule has 0 atom stereocenters. The molecule has 3 aromatic carbocycles. The molecular formula is C27H15Cl4NO2. The number of benzene rings is 3. The molecule has 1 aromatic heterocycles. The largest absolute Gasteiger partial charge is 0.457 e. The molecule has 5 rings (SSSR count). The number of furan rings is 1. The summed E-state index contributed by atoms with van der Waals surface area (Å²) in [5, 5.41) is 1.70. The van der Waals surface area contributed by atoms with E-state index in [0.717, 1.165) is 16.8 Å². The molecule has 0 unspecified atom stereocenters. The Morgan fingerprint density at radius 1 is 0.706 bits per heavy atom. The number of halogens is 4. The first-order chi connectivity index (χ1) is 16.4. The molecule has 4 aromatic rings. The summed E-state index contributed by atoms with van der Waals surface area (Å²) in [5.41, 5.74) is 3.50. The van der Waals surface area contributed by atoms with Gasteiger partial charge in [-0.3, -0.25) is 9.69 Å². The summed E-state index contributed by atoms with van der Waals surface area (Å²) in [6.07, 6.45) is 3.55. The molecule has 0 fully saturated rings. The van der Waals surface area contributed by atoms with E-state index in [1.54, 1.807) is 47.4 Å². The van der Waals surface area contributed by atoms with Gasteiger partial charge in [0.2, 0.25) is 0 Å². The number of hydrogen-bond acceptors (Lipinski definition) is 2. The first-order valence-corrected chi connectivity index (χ1v) is 11.8. The van der Waals surface area contributed by atoms with E-state index in [9.17, 15) is 4.79 Å². The highest BCUT2D eigenvalue weighted by Gasteiger charge is 2.31. The summed E-state index contributed by atoms with van der Waals surface area (Å²) in [6.45, 7) is 0. The van der Waals surface area contributed by atoms with Gasteiger partial charge in [0.25, 0.3) is 5.91 Å². The third-order valence-corrected chi connectivity index (χ3v) is 6.82. The predicted molar refractivity (Wildman–Crippen MR) is 141 cm³/mol. The summed E-state index contributed by atoms with van der Waals surface area (Å²) < 4.78 is 5.97. The van der Waals surface area contributed by atoms with Crippen molar-refractivity contribution in [1.82, 2.24) is 0 Å². The lowest BCUT2D eigenvalue weighted by molar-refractivity contribution is -0.113. The maximum atomic E-state index is 13.5. The zero-order valence-electron chi connectivity index (χ0n) is 17.4. The van der Waals surface area contributed by atoms with Crippen molar-refractivity contribution in [3.05, 3.63) is 122 Å². The molecule has 0 saturated heterocycles. The van der Waals surface area contributed by atoms with E-state index in [1.165, 1.54) is 0 Å². The third-order valence-electron chi connectivity index (χ3n) is 5.34. The summed E-state index contributed by atoms with van der Waals surface area (Å²) in [6, 6.07) is 23.7. The highest BCUT2D eigenvalue weighted by Crippen LogP contribution is 2.38. The van der Waals surface area contributed by atoms with Crippen LogP contribution in [0.15, 0.2) is 94.9 Å². The second-order valence-electron chi connectivity index (χ2n) is 7.57. The molecule has 2 heterocycles. The molecule has 3 nitrogen and oxygen atoms in total. The van der Waals surface area contributed by atoms with Gasteiger partial charge in [-0.2, -0.15) is 0 Å². The van der Waals surface area contributed by atoms with Crippen LogP contribution in [0.1, 0.15) is 11.3 Å². The summed E-state index contributed by atoms with van der Waals surface area (Å²) in [5.74, 6) is 0.943. The first kappa shape index (κ1) is 22.8. The molecule has 1 aliphatic rings. The monoisotopic (exact) mass is 525 g/mol. The van der Waals surface area contributed by atoms with Crippen LogP contribution in [0.25, 0.3) is 23.1 Å². The van der Waals surface area contributed by atoms with Crippen LogP contribution in [-0.4, -0.2) is 5.91 Å². The number of anilines is 1. The van der Waals surface area contributed by atoms with Crippen molar-refractivity contribution in [3.63, 3.8) is 0 Å². The predicted octanol–water partition coefficient (Wildman–Crippen LogP) is 9.03. The van der Waals surface area contributed by atoms with Gasteiger partial charge in [-0.15, -0.1) is 0 Å². The molecule has 0 radical (unpaired) electrons. The van der Waals surface area contributed by atoms with Crippen LogP contribution in [0.5, 0.6) is 0 Å². The Kier molecular flexibility index (Phi) is 6.28. The van der Waals surface area contributed by atoms with E-state index in [-0.39, 0.29) is 5.91 Å². The average molecular weight is 527 g/mol. The zero-order valence-corrected chi connectivity index (χ0v) is 20.5. The quantitative estimate of drug-likeness (QED) is 0.248. The molecular weight excluding hydrogens is 512 g/mol. The van der Waals surface area contributed by atoms with E-state index in [1.807, 2.05) is 48.5 Å². The van der Waals surface area contributed by atoms with Gasteiger partial charge in [-0.05, 0) is 66.2 Å². The topological polar surface area (TPSA) is 33.5 Å². The van der Waals surface area contributed by atoms with Crippen molar-refractivity contribution in [2.75, 3.05) is 4.90 Å². The lowest BCUT2D eigenvalue weighted by Gasteiger charge is -2.21. The van der Waals surface area contributed by atoms with Crippen molar-refractivity contribution >= 4 is 69.8 Å². The normalized spacial score (nSPS) is 14.7. The first-order valence-electron chi connectivity index (χ1n) is 10.2. The van der Waals surface area contributed by atoms with E-state index in [4.69, 9.17) is 50.8 Å². The maximum Gasteiger partial charge on any atom is 0.263 e. The Morgan fingerprint density at radius 3 is 2.12 bits per heavy atom. The van der Waals surface area contributed by atoms with E-state index < -0.39 is 0 Å². The number of rotatable bonds is 4. The molecule has 34 heavy (non-hydrogen) atoms. The molecule has 0 spiro atoms. The van der Waals surface area contributed by atoms with Crippen LogP contribution < -0.4 is 4.90 Å². The summed E-state index contributed by atoms with van der Waals surface area (Å²) >= 11 is 24.5. The fourth-order valence-electron chi connectivity index (χ4n) is 3.71. The van der Waals surface area contributed by atoms with Crippen LogP contribution in [0.3, 0.4) is 0 Å². The Labute approximate surface area is 216 Å². The van der Waals surface area contributed by atoms with Crippen molar-refractivity contribution in [2.24, 2.45) is 0 Å². The van der Waals surface area contributed by atoms with Crippen LogP contribution in [-0.2, 0) is 4.79 Å². The number of carbonyl (C=O) groups excluding carboxylic acids is 1. The standard InChI is InChI=1S/C27H15Cl4NO2/c28-21-9-6-17(13-23(21)30)26-11-8-20(34-26)12-18-14-25(16-4-2-1-3-5-16)32(27(18)33)19-7-10-22(29)24(31)15-19/h1-15H/b18-12+. The summed E-state index contributed by atoms with van der Waals surface area (Å²) in [4.78, 5) is 15.1. The van der Waals surface area contributed by atoms with Crippen molar-refractivity contribution in [1.29, 1.82) is 0 Å². The number of carbonyl (C=O) groups is 1. The highest BCUT2D eigenvalue weighted by molar-refractivity contribution is 6.42. The van der Waals surface area contributed by atoms with E-state index in [2.05, 4.69) is 0 Å². The van der Waals surface area contributed by atoms with Gasteiger partial charge in [-0.25, -0.2) is 0 Å². The second-order valence-corrected chi connectivity index (χ2v) is 9.19. The highest BCUT2D eigenvalue weighted by atomic mass is 35.5. The van der Waals surface area contributed by atoms with Crippen molar-refractivity contribution in [2.45, 2.75) is 0 Å². The van der Waals surface area contributed by atoms with E-state index in [0.29, 0.717) is 42.9 Å². The zero-order chi connectivity index (χ0) is 23.8. The molecule has 0 saturated carbocycles. The fourth-order valence-corrected chi connectivity index (χ4v) is 4.30. The maximum absolute atomic E-state index is 13.5. The molecule has 7 heteroatoms. The second kappa shape index (κ2) is 9.36. The molecule has 0 N–H and O–H groups in total. The smallest absolute Gasteiger partial charge is 0.263 e. The minimum Gasteiger partial charge on any atom is -0.457 e.